The van der Waals surface area contributed by atoms with Gasteiger partial charge >= 0.3 is 0 Å². The third-order valence-corrected chi connectivity index (χ3v) is 6.09. The van der Waals surface area contributed by atoms with Gasteiger partial charge in [-0.2, -0.15) is 5.10 Å². The molecule has 0 aliphatic heterocycles. The van der Waals surface area contributed by atoms with Crippen LogP contribution in [0.2, 0.25) is 0 Å². The fourth-order valence-corrected chi connectivity index (χ4v) is 3.82. The maximum Gasteiger partial charge on any atom is 0.255 e. The summed E-state index contributed by atoms with van der Waals surface area (Å²) in [6.07, 6.45) is 1.45. The first-order valence-corrected chi connectivity index (χ1v) is 11.6. The number of hydrogen-bond acceptors (Lipinski definition) is 5. The Kier molecular flexibility index (Phi) is 6.28. The van der Waals surface area contributed by atoms with Gasteiger partial charge in [0.05, 0.1) is 5.69 Å². The lowest BCUT2D eigenvalue weighted by atomic mass is 10.0. The predicted octanol–water partition coefficient (Wildman–Crippen LogP) is 6.30. The molecule has 178 valence electrons. The molecule has 7 heteroatoms. The SMILES string of the molecule is Cc1nn(-c2cc(Oc3ccc(NC(=O)c4ccc(-c5ccccc5)cc4)cc3)ncn2)c(C)c1C. The molecule has 1 amide bonds. The molecule has 0 fully saturated rings. The van der Waals surface area contributed by atoms with Crippen molar-refractivity contribution in [2.45, 2.75) is 20.8 Å². The number of hydrogen-bond donors (Lipinski definition) is 1. The summed E-state index contributed by atoms with van der Waals surface area (Å²) in [5.74, 6) is 1.45. The van der Waals surface area contributed by atoms with Gasteiger partial charge in [-0.3, -0.25) is 4.79 Å². The molecule has 36 heavy (non-hydrogen) atoms. The van der Waals surface area contributed by atoms with Crippen molar-refractivity contribution in [2.24, 2.45) is 0 Å². The first-order valence-electron chi connectivity index (χ1n) is 11.6. The molecule has 0 bridgehead atoms. The van der Waals surface area contributed by atoms with Crippen LogP contribution in [0.5, 0.6) is 11.6 Å². The summed E-state index contributed by atoms with van der Waals surface area (Å²) in [6.45, 7) is 6.01. The summed E-state index contributed by atoms with van der Waals surface area (Å²) in [5.41, 5.74) is 6.53. The number of ether oxygens (including phenoxy) is 1. The summed E-state index contributed by atoms with van der Waals surface area (Å²) in [5, 5.41) is 7.46. The van der Waals surface area contributed by atoms with Crippen molar-refractivity contribution in [1.82, 2.24) is 19.7 Å². The molecule has 0 aliphatic rings. The Labute approximate surface area is 209 Å². The van der Waals surface area contributed by atoms with Crippen LogP contribution in [-0.4, -0.2) is 25.7 Å². The van der Waals surface area contributed by atoms with Crippen LogP contribution in [0.1, 0.15) is 27.3 Å². The molecule has 0 saturated heterocycles. The topological polar surface area (TPSA) is 81.9 Å². The third-order valence-electron chi connectivity index (χ3n) is 6.09. The summed E-state index contributed by atoms with van der Waals surface area (Å²) >= 11 is 0. The lowest BCUT2D eigenvalue weighted by Crippen LogP contribution is -2.11. The maximum atomic E-state index is 12.7. The van der Waals surface area contributed by atoms with E-state index in [1.54, 1.807) is 35.0 Å². The van der Waals surface area contributed by atoms with Crippen molar-refractivity contribution in [3.63, 3.8) is 0 Å². The molecule has 5 aromatic rings. The average molecular weight is 476 g/mol. The molecule has 7 nitrogen and oxygen atoms in total. The largest absolute Gasteiger partial charge is 0.439 e. The van der Waals surface area contributed by atoms with E-state index in [2.05, 4.69) is 20.4 Å². The van der Waals surface area contributed by atoms with Gasteiger partial charge in [0.25, 0.3) is 5.91 Å². The Morgan fingerprint density at radius 2 is 1.53 bits per heavy atom. The molecular weight excluding hydrogens is 450 g/mol. The number of anilines is 1. The highest BCUT2D eigenvalue weighted by Crippen LogP contribution is 2.24. The number of nitrogens with one attached hydrogen (secondary N) is 1. The van der Waals surface area contributed by atoms with Crippen molar-refractivity contribution in [3.8, 4) is 28.6 Å². The van der Waals surface area contributed by atoms with E-state index >= 15 is 0 Å². The number of carbonyl (C=O) groups excluding carboxylic acids is 1. The van der Waals surface area contributed by atoms with Crippen molar-refractivity contribution in [2.75, 3.05) is 5.32 Å². The molecule has 1 N–H and O–H groups in total. The van der Waals surface area contributed by atoms with E-state index in [0.29, 0.717) is 28.7 Å². The molecule has 2 heterocycles. The Bertz CT molecular complexity index is 1510. The second kappa shape index (κ2) is 9.84. The molecule has 2 aromatic heterocycles. The number of nitrogens with zero attached hydrogens (tertiary/aromatic N) is 4. The second-order valence-electron chi connectivity index (χ2n) is 8.45. The summed E-state index contributed by atoms with van der Waals surface area (Å²) < 4.78 is 7.69. The van der Waals surface area contributed by atoms with Crippen LogP contribution < -0.4 is 10.1 Å². The molecular formula is C29H25N5O2. The van der Waals surface area contributed by atoms with Crippen LogP contribution in [-0.2, 0) is 0 Å². The van der Waals surface area contributed by atoms with Crippen LogP contribution in [0.15, 0.2) is 91.3 Å². The third kappa shape index (κ3) is 4.86. The quantitative estimate of drug-likeness (QED) is 0.312. The van der Waals surface area contributed by atoms with Gasteiger partial charge in [0, 0.05) is 23.0 Å². The fraction of sp³-hybridized carbons (Fsp3) is 0.103. The standard InChI is InChI=1S/C29H25N5O2/c1-19-20(2)33-34(21(19)3)27-17-28(31-18-30-27)36-26-15-13-25(14-16-26)32-29(35)24-11-9-23(10-12-24)22-7-5-4-6-8-22/h4-18H,1-3H3,(H,32,35). The van der Waals surface area contributed by atoms with E-state index in [9.17, 15) is 4.79 Å². The molecule has 0 saturated carbocycles. The molecule has 0 spiro atoms. The van der Waals surface area contributed by atoms with Crippen molar-refractivity contribution >= 4 is 11.6 Å². The van der Waals surface area contributed by atoms with Gasteiger partial charge in [0.15, 0.2) is 5.82 Å². The number of carbonyl (C=O) groups is 1. The monoisotopic (exact) mass is 475 g/mol. The number of benzene rings is 3. The van der Waals surface area contributed by atoms with Crippen LogP contribution in [0.4, 0.5) is 5.69 Å². The van der Waals surface area contributed by atoms with E-state index in [4.69, 9.17) is 4.74 Å². The van der Waals surface area contributed by atoms with Crippen molar-refractivity contribution in [3.05, 3.63) is 114 Å². The van der Waals surface area contributed by atoms with Gasteiger partial charge < -0.3 is 10.1 Å². The Hall–Kier alpha value is -4.78. The van der Waals surface area contributed by atoms with E-state index in [1.807, 2.05) is 75.4 Å². The van der Waals surface area contributed by atoms with Gasteiger partial charge in [-0.05, 0) is 73.9 Å². The molecule has 3 aromatic carbocycles. The Morgan fingerprint density at radius 1 is 0.833 bits per heavy atom. The number of amides is 1. The normalized spacial score (nSPS) is 10.8. The van der Waals surface area contributed by atoms with Gasteiger partial charge in [-0.25, -0.2) is 14.6 Å². The van der Waals surface area contributed by atoms with Gasteiger partial charge in [0.2, 0.25) is 5.88 Å². The van der Waals surface area contributed by atoms with E-state index in [-0.39, 0.29) is 5.91 Å². The molecule has 0 unspecified atom stereocenters. The second-order valence-corrected chi connectivity index (χ2v) is 8.45. The summed E-state index contributed by atoms with van der Waals surface area (Å²) in [6, 6.07) is 26.5. The summed E-state index contributed by atoms with van der Waals surface area (Å²) in [4.78, 5) is 21.2. The Balaban J connectivity index is 1.24. The first kappa shape index (κ1) is 23.0. The molecule has 0 aliphatic carbocycles. The van der Waals surface area contributed by atoms with Crippen LogP contribution >= 0.6 is 0 Å². The zero-order valence-corrected chi connectivity index (χ0v) is 20.3. The van der Waals surface area contributed by atoms with E-state index < -0.39 is 0 Å². The highest BCUT2D eigenvalue weighted by molar-refractivity contribution is 6.04. The zero-order chi connectivity index (χ0) is 25.1. The van der Waals surface area contributed by atoms with Gasteiger partial charge in [-0.15, -0.1) is 0 Å². The minimum atomic E-state index is -0.177. The smallest absolute Gasteiger partial charge is 0.255 e. The molecule has 5 rings (SSSR count). The molecule has 0 radical (unpaired) electrons. The van der Waals surface area contributed by atoms with Crippen LogP contribution in [0, 0.1) is 20.8 Å². The van der Waals surface area contributed by atoms with E-state index in [1.165, 1.54) is 6.33 Å². The fourth-order valence-electron chi connectivity index (χ4n) is 3.82. The minimum absolute atomic E-state index is 0.177. The van der Waals surface area contributed by atoms with Crippen molar-refractivity contribution in [1.29, 1.82) is 0 Å². The van der Waals surface area contributed by atoms with Gasteiger partial charge in [-0.1, -0.05) is 42.5 Å². The van der Waals surface area contributed by atoms with Crippen molar-refractivity contribution < 1.29 is 9.53 Å². The number of rotatable bonds is 6. The zero-order valence-electron chi connectivity index (χ0n) is 20.3. The highest BCUT2D eigenvalue weighted by Gasteiger charge is 2.12. The van der Waals surface area contributed by atoms with Crippen LogP contribution in [0.3, 0.4) is 0 Å². The number of aromatic nitrogens is 4. The lowest BCUT2D eigenvalue weighted by molar-refractivity contribution is 0.102. The average Bonchev–Trinajstić information content (AvgIpc) is 3.18. The Morgan fingerprint density at radius 3 is 2.19 bits per heavy atom. The first-order chi connectivity index (χ1) is 17.5. The maximum absolute atomic E-state index is 12.7. The minimum Gasteiger partial charge on any atom is -0.439 e. The van der Waals surface area contributed by atoms with E-state index in [0.717, 1.165) is 28.1 Å². The van der Waals surface area contributed by atoms with Crippen LogP contribution in [0.25, 0.3) is 16.9 Å². The number of aryl methyl sites for hydroxylation is 1. The predicted molar refractivity (Wildman–Crippen MR) is 140 cm³/mol. The molecule has 0 atom stereocenters. The van der Waals surface area contributed by atoms with Gasteiger partial charge in [0.1, 0.15) is 12.1 Å². The summed E-state index contributed by atoms with van der Waals surface area (Å²) in [7, 11) is 0. The lowest BCUT2D eigenvalue weighted by Gasteiger charge is -2.09. The highest BCUT2D eigenvalue weighted by atomic mass is 16.5.